The summed E-state index contributed by atoms with van der Waals surface area (Å²) >= 11 is 5.93. The molecule has 2 aromatic rings. The molecule has 1 fully saturated rings. The lowest BCUT2D eigenvalue weighted by Crippen LogP contribution is -2.53. The number of fused-ring (bicyclic) bond motifs is 1. The number of amides is 1. The number of hydrogen-bond donors (Lipinski definition) is 0. The van der Waals surface area contributed by atoms with Crippen LogP contribution < -0.4 is 9.47 Å². The maximum Gasteiger partial charge on any atom is 0.415 e. The predicted molar refractivity (Wildman–Crippen MR) is 128 cm³/mol. The van der Waals surface area contributed by atoms with Gasteiger partial charge in [-0.15, -0.1) is 0 Å². The number of aliphatic imine (C=N–C) groups is 1. The largest absolute Gasteiger partial charge is 0.493 e. The lowest BCUT2D eigenvalue weighted by Gasteiger charge is -2.37. The first-order valence-electron chi connectivity index (χ1n) is 10.5. The van der Waals surface area contributed by atoms with Crippen LogP contribution in [0.5, 0.6) is 11.5 Å². The van der Waals surface area contributed by atoms with Gasteiger partial charge in [0.05, 0.1) is 23.4 Å². The summed E-state index contributed by atoms with van der Waals surface area (Å²) in [6.45, 7) is 9.28. The van der Waals surface area contributed by atoms with E-state index in [1.54, 1.807) is 24.0 Å². The van der Waals surface area contributed by atoms with Crippen LogP contribution in [0.15, 0.2) is 47.2 Å². The van der Waals surface area contributed by atoms with E-state index in [1.807, 2.05) is 14.0 Å². The lowest BCUT2D eigenvalue weighted by molar-refractivity contribution is 0.0886. The van der Waals surface area contributed by atoms with E-state index in [0.29, 0.717) is 23.2 Å². The molecule has 1 aliphatic heterocycles. The Balaban J connectivity index is 2.01. The van der Waals surface area contributed by atoms with Crippen LogP contribution in [0, 0.1) is 0 Å². The average molecular weight is 476 g/mol. The summed E-state index contributed by atoms with van der Waals surface area (Å²) in [7, 11) is 3.48. The first-order chi connectivity index (χ1) is 15.8. The molecule has 0 radical (unpaired) electrons. The van der Waals surface area contributed by atoms with Gasteiger partial charge in [0, 0.05) is 37.1 Å². The highest BCUT2D eigenvalue weighted by atomic mass is 35.5. The zero-order valence-electron chi connectivity index (χ0n) is 19.1. The van der Waals surface area contributed by atoms with Crippen LogP contribution in [-0.4, -0.2) is 77.6 Å². The van der Waals surface area contributed by atoms with E-state index >= 15 is 0 Å². The van der Waals surface area contributed by atoms with Gasteiger partial charge >= 0.3 is 6.09 Å². The third-order valence-corrected chi connectivity index (χ3v) is 5.79. The molecule has 0 bridgehead atoms. The van der Waals surface area contributed by atoms with Crippen molar-refractivity contribution < 1.29 is 18.7 Å². The number of benzene rings is 1. The smallest absolute Gasteiger partial charge is 0.415 e. The number of carbonyl (C=O) groups excluding carboxylic acids is 1. The van der Waals surface area contributed by atoms with Gasteiger partial charge in [-0.05, 0) is 33.0 Å². The van der Waals surface area contributed by atoms with E-state index in [4.69, 9.17) is 21.1 Å². The minimum absolute atomic E-state index is 0.000739. The molecule has 2 heterocycles. The van der Waals surface area contributed by atoms with Crippen LogP contribution in [0.25, 0.3) is 10.9 Å². The number of hydrogen-bond acceptors (Lipinski definition) is 7. The third kappa shape index (κ3) is 5.48. The molecule has 1 amide bonds. The zero-order chi connectivity index (χ0) is 24.1. The summed E-state index contributed by atoms with van der Waals surface area (Å²) in [5.41, 5.74) is 0.489. The van der Waals surface area contributed by atoms with Crippen LogP contribution in [0.4, 0.5) is 15.0 Å². The highest BCUT2D eigenvalue weighted by molar-refractivity contribution is 6.32. The molecular weight excluding hydrogens is 449 g/mol. The number of ether oxygens (including phenoxy) is 2. The van der Waals surface area contributed by atoms with Crippen LogP contribution in [0.3, 0.4) is 0 Å². The van der Waals surface area contributed by atoms with Gasteiger partial charge < -0.3 is 19.3 Å². The second kappa shape index (κ2) is 10.7. The normalized spacial score (nSPS) is 18.8. The van der Waals surface area contributed by atoms with Crippen LogP contribution >= 0.6 is 11.6 Å². The number of allylic oxidation sites excluding steroid dienone is 3. The molecule has 33 heavy (non-hydrogen) atoms. The number of piperazine rings is 1. The molecule has 0 spiro atoms. The van der Waals surface area contributed by atoms with E-state index < -0.39 is 12.3 Å². The Morgan fingerprint density at radius 3 is 2.76 bits per heavy atom. The predicted octanol–water partition coefficient (Wildman–Crippen LogP) is 4.51. The van der Waals surface area contributed by atoms with Crippen molar-refractivity contribution in [3.05, 3.63) is 42.2 Å². The number of carbonyl (C=O) groups is 1. The topological polar surface area (TPSA) is 80.2 Å². The molecule has 2 atom stereocenters. The molecule has 0 N–H and O–H groups in total. The van der Waals surface area contributed by atoms with Gasteiger partial charge in [-0.25, -0.2) is 24.1 Å². The Hall–Kier alpha value is -3.04. The minimum Gasteiger partial charge on any atom is -0.493 e. The first-order valence-corrected chi connectivity index (χ1v) is 10.8. The molecule has 1 aliphatic rings. The first kappa shape index (κ1) is 24.6. The fourth-order valence-electron chi connectivity index (χ4n) is 3.56. The summed E-state index contributed by atoms with van der Waals surface area (Å²) in [4.78, 5) is 29.4. The van der Waals surface area contributed by atoms with Crippen molar-refractivity contribution in [3.8, 4) is 11.5 Å². The van der Waals surface area contributed by atoms with Crippen molar-refractivity contribution in [1.82, 2.24) is 19.8 Å². The summed E-state index contributed by atoms with van der Waals surface area (Å²) in [5, 5.41) is 0.445. The Morgan fingerprint density at radius 2 is 2.12 bits per heavy atom. The highest BCUT2D eigenvalue weighted by Gasteiger charge is 2.28. The molecule has 3 rings (SSSR count). The quantitative estimate of drug-likeness (QED) is 0.572. The molecular formula is C23H27ClFN5O3. The Labute approximate surface area is 197 Å². The highest BCUT2D eigenvalue weighted by Crippen LogP contribution is 2.35. The van der Waals surface area contributed by atoms with Gasteiger partial charge in [0.1, 0.15) is 6.33 Å². The third-order valence-electron chi connectivity index (χ3n) is 5.38. The molecule has 1 saturated heterocycles. The number of halogens is 2. The van der Waals surface area contributed by atoms with E-state index in [0.717, 1.165) is 13.1 Å². The van der Waals surface area contributed by atoms with Crippen LogP contribution in [0.1, 0.15) is 13.8 Å². The van der Waals surface area contributed by atoms with Crippen LogP contribution in [-0.2, 0) is 0 Å². The minimum atomic E-state index is -1.64. The van der Waals surface area contributed by atoms with Gasteiger partial charge in [-0.1, -0.05) is 24.3 Å². The van der Waals surface area contributed by atoms with Gasteiger partial charge in [0.15, 0.2) is 23.5 Å². The van der Waals surface area contributed by atoms with Crippen LogP contribution in [0.2, 0.25) is 0 Å². The number of likely N-dealkylation sites (N-methyl/N-ethyl adjacent to an activating group) is 1. The van der Waals surface area contributed by atoms with Crippen molar-refractivity contribution in [2.75, 3.05) is 33.8 Å². The lowest BCUT2D eigenvalue weighted by atomic mass is 10.2. The molecule has 1 aromatic heterocycles. The SMILES string of the molecule is C=CC(=Nc1ncnc2cc(OC)c(OC(=O)N3CCN(C)CC3C)cc12)C(F)C(Cl)=CC. The van der Waals surface area contributed by atoms with E-state index in [9.17, 15) is 9.18 Å². The zero-order valence-corrected chi connectivity index (χ0v) is 19.8. The van der Waals surface area contributed by atoms with Crippen molar-refractivity contribution in [2.24, 2.45) is 4.99 Å². The monoisotopic (exact) mass is 475 g/mol. The van der Waals surface area contributed by atoms with E-state index in [2.05, 4.69) is 26.4 Å². The Bertz CT molecular complexity index is 1110. The summed E-state index contributed by atoms with van der Waals surface area (Å²) in [6.07, 6.45) is 1.91. The molecule has 8 nitrogen and oxygen atoms in total. The van der Waals surface area contributed by atoms with Gasteiger partial charge in [-0.2, -0.15) is 0 Å². The molecule has 1 aromatic carbocycles. The van der Waals surface area contributed by atoms with Gasteiger partial charge in [0.25, 0.3) is 0 Å². The fraction of sp³-hybridized carbons (Fsp3) is 0.391. The summed E-state index contributed by atoms with van der Waals surface area (Å²) in [5.74, 6) is 0.706. The second-order valence-electron chi connectivity index (χ2n) is 7.67. The Kier molecular flexibility index (Phi) is 7.99. The number of alkyl halides is 1. The average Bonchev–Trinajstić information content (AvgIpc) is 2.81. The standard InChI is InChI=1S/C23H27ClFN5O3/c1-6-16(24)21(25)17(7-2)28-22-15-10-20(19(32-5)11-18(15)26-13-27-22)33-23(31)30-9-8-29(4)12-14(30)3/h6-7,10-11,13-14,21H,2,8-9,12H2,1,3-5H3. The number of rotatable bonds is 6. The number of aromatic nitrogens is 2. The van der Waals surface area contributed by atoms with Crippen molar-refractivity contribution in [1.29, 1.82) is 0 Å². The molecule has 0 aliphatic carbocycles. The second-order valence-corrected chi connectivity index (χ2v) is 8.10. The Morgan fingerprint density at radius 1 is 1.36 bits per heavy atom. The maximum absolute atomic E-state index is 14.6. The van der Waals surface area contributed by atoms with Crippen molar-refractivity contribution >= 4 is 40.1 Å². The number of nitrogens with zero attached hydrogens (tertiary/aromatic N) is 5. The molecule has 176 valence electrons. The van der Waals surface area contributed by atoms with Gasteiger partial charge in [-0.3, -0.25) is 0 Å². The van der Waals surface area contributed by atoms with Crippen molar-refractivity contribution in [3.63, 3.8) is 0 Å². The maximum atomic E-state index is 14.6. The van der Waals surface area contributed by atoms with E-state index in [1.165, 1.54) is 25.6 Å². The molecule has 2 unspecified atom stereocenters. The summed E-state index contributed by atoms with van der Waals surface area (Å²) in [6, 6.07) is 3.18. The van der Waals surface area contributed by atoms with E-state index in [-0.39, 0.29) is 28.4 Å². The molecule has 0 saturated carbocycles. The van der Waals surface area contributed by atoms with Crippen molar-refractivity contribution in [2.45, 2.75) is 26.1 Å². The number of methoxy groups -OCH3 is 1. The molecule has 10 heteroatoms. The van der Waals surface area contributed by atoms with Gasteiger partial charge in [0.2, 0.25) is 0 Å². The fourth-order valence-corrected chi connectivity index (χ4v) is 3.67. The summed E-state index contributed by atoms with van der Waals surface area (Å²) < 4.78 is 25.7.